The zero-order valence-corrected chi connectivity index (χ0v) is 7.62. The quantitative estimate of drug-likeness (QED) is 0.590. The molecule has 1 aromatic rings. The SMILES string of the molecule is S=S1C=CCc2ccccc21. The molecule has 0 spiro atoms. The van der Waals surface area contributed by atoms with Gasteiger partial charge in [-0.3, -0.25) is 0 Å². The van der Waals surface area contributed by atoms with E-state index in [1.54, 1.807) is 0 Å². The highest BCUT2D eigenvalue weighted by Crippen LogP contribution is 2.19. The minimum absolute atomic E-state index is 0.0624. The number of fused-ring (bicyclic) bond motifs is 1. The number of allylic oxidation sites excluding steroid dienone is 1. The summed E-state index contributed by atoms with van der Waals surface area (Å²) >= 11 is 5.28. The molecule has 11 heavy (non-hydrogen) atoms. The summed E-state index contributed by atoms with van der Waals surface area (Å²) in [7, 11) is -0.0624. The molecule has 2 rings (SSSR count). The highest BCUT2D eigenvalue weighted by molar-refractivity contribution is 8.30. The lowest BCUT2D eigenvalue weighted by Gasteiger charge is -2.10. The van der Waals surface area contributed by atoms with Crippen LogP contribution in [0, 0.1) is 0 Å². The van der Waals surface area contributed by atoms with Crippen LogP contribution in [-0.2, 0) is 27.1 Å². The maximum Gasteiger partial charge on any atom is 0.0194 e. The Morgan fingerprint density at radius 2 is 2.09 bits per heavy atom. The van der Waals surface area contributed by atoms with Crippen LogP contribution in [0.25, 0.3) is 0 Å². The zero-order valence-electron chi connectivity index (χ0n) is 5.99. The fourth-order valence-corrected chi connectivity index (χ4v) is 2.97. The van der Waals surface area contributed by atoms with Gasteiger partial charge in [0.1, 0.15) is 0 Å². The summed E-state index contributed by atoms with van der Waals surface area (Å²) in [5.74, 6) is 0. The van der Waals surface area contributed by atoms with Crippen LogP contribution >= 0.6 is 0 Å². The Kier molecular flexibility index (Phi) is 1.88. The van der Waals surface area contributed by atoms with E-state index in [0.29, 0.717) is 0 Å². The van der Waals surface area contributed by atoms with Crippen molar-refractivity contribution in [3.05, 3.63) is 41.3 Å². The summed E-state index contributed by atoms with van der Waals surface area (Å²) in [6, 6.07) is 8.43. The van der Waals surface area contributed by atoms with Crippen molar-refractivity contribution in [2.24, 2.45) is 0 Å². The van der Waals surface area contributed by atoms with E-state index in [9.17, 15) is 0 Å². The topological polar surface area (TPSA) is 0 Å². The fourth-order valence-electron chi connectivity index (χ4n) is 1.20. The summed E-state index contributed by atoms with van der Waals surface area (Å²) in [5.41, 5.74) is 1.40. The normalized spacial score (nSPS) is 21.3. The largest absolute Gasteiger partial charge is 0.0731 e. The Hall–Kier alpha value is -0.470. The highest BCUT2D eigenvalue weighted by atomic mass is 32.8. The van der Waals surface area contributed by atoms with E-state index in [2.05, 4.69) is 35.7 Å². The molecule has 1 atom stereocenters. The third-order valence-electron chi connectivity index (χ3n) is 1.75. The number of hydrogen-bond donors (Lipinski definition) is 0. The monoisotopic (exact) mass is 180 g/mol. The molecule has 0 radical (unpaired) electrons. The minimum atomic E-state index is -0.0624. The molecule has 0 amide bonds. The van der Waals surface area contributed by atoms with Crippen LogP contribution in [0.1, 0.15) is 5.56 Å². The second-order valence-corrected chi connectivity index (χ2v) is 4.87. The molecule has 2 heteroatoms. The molecule has 56 valence electrons. The summed E-state index contributed by atoms with van der Waals surface area (Å²) in [4.78, 5) is 1.34. The number of rotatable bonds is 0. The first-order valence-electron chi connectivity index (χ1n) is 3.53. The molecule has 0 bridgehead atoms. The van der Waals surface area contributed by atoms with Gasteiger partial charge in [-0.1, -0.05) is 33.7 Å². The van der Waals surface area contributed by atoms with Crippen molar-refractivity contribution in [3.8, 4) is 0 Å². The first kappa shape index (κ1) is 7.19. The molecule has 0 N–H and O–H groups in total. The Balaban J connectivity index is 2.59. The molecular formula is C9H8S2. The average Bonchev–Trinajstić information content (AvgIpc) is 2.06. The van der Waals surface area contributed by atoms with Gasteiger partial charge < -0.3 is 0 Å². The lowest BCUT2D eigenvalue weighted by molar-refractivity contribution is 1.17. The standard InChI is InChI=1S/C9H8S2/c10-11-7-3-5-8-4-1-2-6-9(8)11/h1-4,6-7H,5H2. The van der Waals surface area contributed by atoms with Crippen LogP contribution < -0.4 is 0 Å². The summed E-state index contributed by atoms with van der Waals surface area (Å²) in [5, 5.41) is 2.12. The molecule has 0 nitrogen and oxygen atoms in total. The van der Waals surface area contributed by atoms with Crippen LogP contribution in [0.3, 0.4) is 0 Å². The van der Waals surface area contributed by atoms with E-state index < -0.39 is 0 Å². The van der Waals surface area contributed by atoms with Crippen molar-refractivity contribution >= 4 is 20.6 Å². The van der Waals surface area contributed by atoms with Crippen LogP contribution in [0.4, 0.5) is 0 Å². The van der Waals surface area contributed by atoms with Crippen molar-refractivity contribution in [1.82, 2.24) is 0 Å². The highest BCUT2D eigenvalue weighted by Gasteiger charge is 2.05. The van der Waals surface area contributed by atoms with Gasteiger partial charge in [-0.2, -0.15) is 0 Å². The summed E-state index contributed by atoms with van der Waals surface area (Å²) in [6.45, 7) is 0. The van der Waals surface area contributed by atoms with E-state index in [-0.39, 0.29) is 9.45 Å². The predicted octanol–water partition coefficient (Wildman–Crippen LogP) is 2.20. The molecule has 0 saturated heterocycles. The second kappa shape index (κ2) is 2.88. The van der Waals surface area contributed by atoms with E-state index in [0.717, 1.165) is 6.42 Å². The van der Waals surface area contributed by atoms with Crippen LogP contribution in [-0.4, -0.2) is 0 Å². The third-order valence-corrected chi connectivity index (χ3v) is 3.89. The van der Waals surface area contributed by atoms with Crippen LogP contribution in [0.5, 0.6) is 0 Å². The Morgan fingerprint density at radius 1 is 1.27 bits per heavy atom. The lowest BCUT2D eigenvalue weighted by Crippen LogP contribution is -1.97. The molecule has 1 unspecified atom stereocenters. The van der Waals surface area contributed by atoms with E-state index in [1.807, 2.05) is 0 Å². The van der Waals surface area contributed by atoms with E-state index in [1.165, 1.54) is 10.5 Å². The van der Waals surface area contributed by atoms with Crippen LogP contribution in [0.15, 0.2) is 40.6 Å². The maximum atomic E-state index is 5.28. The van der Waals surface area contributed by atoms with Gasteiger partial charge in [0.25, 0.3) is 0 Å². The van der Waals surface area contributed by atoms with E-state index >= 15 is 0 Å². The molecule has 0 aromatic heterocycles. The average molecular weight is 180 g/mol. The van der Waals surface area contributed by atoms with Gasteiger partial charge in [-0.25, -0.2) is 0 Å². The lowest BCUT2D eigenvalue weighted by atomic mass is 10.1. The maximum absolute atomic E-state index is 5.28. The van der Waals surface area contributed by atoms with Gasteiger partial charge in [0, 0.05) is 4.90 Å². The first-order chi connectivity index (χ1) is 5.38. The van der Waals surface area contributed by atoms with Gasteiger partial charge >= 0.3 is 0 Å². The minimum Gasteiger partial charge on any atom is -0.0731 e. The summed E-state index contributed by atoms with van der Waals surface area (Å²) < 4.78 is 0. The Bertz CT molecular complexity index is 326. The van der Waals surface area contributed by atoms with Crippen molar-refractivity contribution in [2.75, 3.05) is 0 Å². The predicted molar refractivity (Wildman–Crippen MR) is 52.3 cm³/mol. The molecule has 0 fully saturated rings. The fraction of sp³-hybridized carbons (Fsp3) is 0.111. The van der Waals surface area contributed by atoms with Crippen molar-refractivity contribution in [3.63, 3.8) is 0 Å². The first-order valence-corrected chi connectivity index (χ1v) is 5.74. The van der Waals surface area contributed by atoms with Crippen LogP contribution in [0.2, 0.25) is 0 Å². The number of hydrogen-bond acceptors (Lipinski definition) is 1. The third kappa shape index (κ3) is 1.28. The molecule has 1 aliphatic rings. The van der Waals surface area contributed by atoms with Gasteiger partial charge in [0.15, 0.2) is 0 Å². The molecule has 1 aromatic carbocycles. The van der Waals surface area contributed by atoms with Gasteiger partial charge in [-0.05, 0) is 34.6 Å². The van der Waals surface area contributed by atoms with Gasteiger partial charge in [0.05, 0.1) is 0 Å². The number of benzene rings is 1. The van der Waals surface area contributed by atoms with Crippen molar-refractivity contribution in [1.29, 1.82) is 0 Å². The Morgan fingerprint density at radius 3 is 2.91 bits per heavy atom. The Labute approximate surface area is 73.5 Å². The van der Waals surface area contributed by atoms with Crippen molar-refractivity contribution < 1.29 is 0 Å². The smallest absolute Gasteiger partial charge is 0.0194 e. The molecular weight excluding hydrogens is 172 g/mol. The van der Waals surface area contributed by atoms with Gasteiger partial charge in [0.2, 0.25) is 0 Å². The summed E-state index contributed by atoms with van der Waals surface area (Å²) in [6.07, 6.45) is 3.22. The van der Waals surface area contributed by atoms with Crippen molar-refractivity contribution in [2.45, 2.75) is 11.3 Å². The molecule has 1 aliphatic heterocycles. The molecule has 1 heterocycles. The molecule has 0 saturated carbocycles. The second-order valence-electron chi connectivity index (χ2n) is 2.48. The zero-order chi connectivity index (χ0) is 7.68. The molecule has 0 aliphatic carbocycles. The van der Waals surface area contributed by atoms with E-state index in [4.69, 9.17) is 11.2 Å². The van der Waals surface area contributed by atoms with Gasteiger partial charge in [-0.15, -0.1) is 0 Å².